The normalized spacial score (nSPS) is 23.7. The molecule has 1 saturated heterocycles. The summed E-state index contributed by atoms with van der Waals surface area (Å²) in [4.78, 5) is 18.4. The summed E-state index contributed by atoms with van der Waals surface area (Å²) in [6.45, 7) is 6.51. The fourth-order valence-electron chi connectivity index (χ4n) is 2.35. The minimum absolute atomic E-state index is 0.0108. The van der Waals surface area contributed by atoms with Crippen molar-refractivity contribution < 1.29 is 9.90 Å². The highest BCUT2D eigenvalue weighted by Gasteiger charge is 2.31. The summed E-state index contributed by atoms with van der Waals surface area (Å²) in [7, 11) is 0. The van der Waals surface area contributed by atoms with Gasteiger partial charge in [-0.3, -0.25) is 9.78 Å². The van der Waals surface area contributed by atoms with Gasteiger partial charge in [-0.15, -0.1) is 0 Å². The maximum Gasteiger partial charge on any atom is 0.254 e. The van der Waals surface area contributed by atoms with Gasteiger partial charge in [0.15, 0.2) is 0 Å². The monoisotopic (exact) mass is 248 g/mol. The average Bonchev–Trinajstić information content (AvgIpc) is 2.67. The minimum Gasteiger partial charge on any atom is -0.391 e. The number of nitrogens with zero attached hydrogens (tertiary/aromatic N) is 2. The van der Waals surface area contributed by atoms with Crippen molar-refractivity contribution in [1.29, 1.82) is 0 Å². The van der Waals surface area contributed by atoms with Gasteiger partial charge in [0.1, 0.15) is 0 Å². The fourth-order valence-corrected chi connectivity index (χ4v) is 2.35. The van der Waals surface area contributed by atoms with Crippen molar-refractivity contribution in [2.45, 2.75) is 45.3 Å². The van der Waals surface area contributed by atoms with Crippen LogP contribution in [0.5, 0.6) is 0 Å². The van der Waals surface area contributed by atoms with E-state index in [-0.39, 0.29) is 11.9 Å². The number of aromatic nitrogens is 1. The predicted octanol–water partition coefficient (Wildman–Crippen LogP) is 1.80. The lowest BCUT2D eigenvalue weighted by Crippen LogP contribution is -2.34. The van der Waals surface area contributed by atoms with E-state index in [1.165, 1.54) is 0 Å². The first-order chi connectivity index (χ1) is 8.49. The number of hydrogen-bond donors (Lipinski definition) is 1. The van der Waals surface area contributed by atoms with E-state index in [4.69, 9.17) is 0 Å². The Labute approximate surface area is 108 Å². The highest BCUT2D eigenvalue weighted by Crippen LogP contribution is 2.21. The molecule has 1 aromatic heterocycles. The number of amides is 1. The van der Waals surface area contributed by atoms with E-state index in [0.717, 1.165) is 5.69 Å². The Bertz CT molecular complexity index is 445. The van der Waals surface area contributed by atoms with Crippen LogP contribution in [0.25, 0.3) is 0 Å². The predicted molar refractivity (Wildman–Crippen MR) is 69.4 cm³/mol. The Kier molecular flexibility index (Phi) is 3.66. The first-order valence-corrected chi connectivity index (χ1v) is 6.44. The summed E-state index contributed by atoms with van der Waals surface area (Å²) in [6.07, 6.45) is 1.95. The molecular formula is C14H20N2O2. The van der Waals surface area contributed by atoms with E-state index >= 15 is 0 Å². The van der Waals surface area contributed by atoms with Gasteiger partial charge in [0.25, 0.3) is 5.91 Å². The van der Waals surface area contributed by atoms with Gasteiger partial charge in [0.05, 0.1) is 6.10 Å². The molecule has 0 aliphatic carbocycles. The average molecular weight is 248 g/mol. The maximum absolute atomic E-state index is 12.4. The number of carbonyl (C=O) groups excluding carboxylic acids is 1. The van der Waals surface area contributed by atoms with E-state index in [1.54, 1.807) is 17.2 Å². The summed E-state index contributed by atoms with van der Waals surface area (Å²) < 4.78 is 0. The number of likely N-dealkylation sites (tertiary alicyclic amines) is 1. The van der Waals surface area contributed by atoms with Crippen molar-refractivity contribution in [2.75, 3.05) is 6.54 Å². The Morgan fingerprint density at radius 3 is 2.83 bits per heavy atom. The number of hydrogen-bond acceptors (Lipinski definition) is 3. The van der Waals surface area contributed by atoms with Crippen LogP contribution >= 0.6 is 0 Å². The number of rotatable bonds is 2. The lowest BCUT2D eigenvalue weighted by Gasteiger charge is -2.21. The molecule has 1 aliphatic heterocycles. The molecule has 1 aliphatic rings. The maximum atomic E-state index is 12.4. The van der Waals surface area contributed by atoms with E-state index < -0.39 is 6.10 Å². The van der Waals surface area contributed by atoms with E-state index in [0.29, 0.717) is 24.4 Å². The van der Waals surface area contributed by atoms with Gasteiger partial charge < -0.3 is 10.0 Å². The second-order valence-electron chi connectivity index (χ2n) is 5.32. The summed E-state index contributed by atoms with van der Waals surface area (Å²) in [5.74, 6) is 0.294. The largest absolute Gasteiger partial charge is 0.391 e. The lowest BCUT2D eigenvalue weighted by molar-refractivity contribution is 0.0726. The van der Waals surface area contributed by atoms with Crippen molar-refractivity contribution in [2.24, 2.45) is 0 Å². The smallest absolute Gasteiger partial charge is 0.254 e. The Morgan fingerprint density at radius 1 is 1.56 bits per heavy atom. The quantitative estimate of drug-likeness (QED) is 0.868. The van der Waals surface area contributed by atoms with Crippen molar-refractivity contribution in [3.63, 3.8) is 0 Å². The fraction of sp³-hybridized carbons (Fsp3) is 0.571. The SMILES string of the molecule is CC(C)c1cc(C(=O)N2CC(O)CC2C)ccn1. The van der Waals surface area contributed by atoms with Crippen LogP contribution in [0, 0.1) is 0 Å². The zero-order valence-corrected chi connectivity index (χ0v) is 11.1. The van der Waals surface area contributed by atoms with Gasteiger partial charge in [-0.2, -0.15) is 0 Å². The summed E-state index contributed by atoms with van der Waals surface area (Å²) in [6, 6.07) is 3.69. The van der Waals surface area contributed by atoms with Crippen molar-refractivity contribution in [3.05, 3.63) is 29.6 Å². The van der Waals surface area contributed by atoms with Crippen LogP contribution in [-0.4, -0.2) is 39.6 Å². The Balaban J connectivity index is 2.21. The molecule has 0 radical (unpaired) electrons. The number of carbonyl (C=O) groups is 1. The van der Waals surface area contributed by atoms with Crippen molar-refractivity contribution >= 4 is 5.91 Å². The molecule has 1 amide bonds. The first kappa shape index (κ1) is 13.0. The number of β-amino-alcohol motifs (C(OH)–C–C–N with tert-alkyl or cyclic N) is 1. The molecule has 0 saturated carbocycles. The van der Waals surface area contributed by atoms with Gasteiger partial charge >= 0.3 is 0 Å². The molecule has 1 aromatic rings. The van der Waals surface area contributed by atoms with Crippen LogP contribution in [0.4, 0.5) is 0 Å². The second-order valence-corrected chi connectivity index (χ2v) is 5.32. The Hall–Kier alpha value is -1.42. The van der Waals surface area contributed by atoms with Crippen LogP contribution in [0.1, 0.15) is 49.2 Å². The molecule has 1 N–H and O–H groups in total. The topological polar surface area (TPSA) is 53.4 Å². The molecule has 0 aromatic carbocycles. The van der Waals surface area contributed by atoms with Crippen LogP contribution in [0.15, 0.2) is 18.3 Å². The zero-order valence-electron chi connectivity index (χ0n) is 11.1. The molecule has 0 spiro atoms. The number of aliphatic hydroxyl groups is 1. The van der Waals surface area contributed by atoms with Crippen LogP contribution < -0.4 is 0 Å². The number of pyridine rings is 1. The first-order valence-electron chi connectivity index (χ1n) is 6.44. The molecule has 98 valence electrons. The van der Waals surface area contributed by atoms with Gasteiger partial charge in [-0.1, -0.05) is 13.8 Å². The molecule has 4 heteroatoms. The third-order valence-corrected chi connectivity index (χ3v) is 3.43. The summed E-state index contributed by atoms with van der Waals surface area (Å²) in [5.41, 5.74) is 1.59. The van der Waals surface area contributed by atoms with Crippen LogP contribution in [-0.2, 0) is 0 Å². The van der Waals surface area contributed by atoms with E-state index in [9.17, 15) is 9.90 Å². The van der Waals surface area contributed by atoms with Crippen molar-refractivity contribution in [3.8, 4) is 0 Å². The molecule has 0 bridgehead atoms. The third kappa shape index (κ3) is 2.53. The molecule has 2 atom stereocenters. The molecule has 4 nitrogen and oxygen atoms in total. The van der Waals surface area contributed by atoms with Gasteiger partial charge in [0, 0.05) is 30.0 Å². The molecular weight excluding hydrogens is 228 g/mol. The number of aliphatic hydroxyl groups excluding tert-OH is 1. The molecule has 1 fully saturated rings. The third-order valence-electron chi connectivity index (χ3n) is 3.43. The highest BCUT2D eigenvalue weighted by molar-refractivity contribution is 5.94. The van der Waals surface area contributed by atoms with Crippen molar-refractivity contribution in [1.82, 2.24) is 9.88 Å². The lowest BCUT2D eigenvalue weighted by atomic mass is 10.1. The van der Waals surface area contributed by atoms with E-state index in [2.05, 4.69) is 18.8 Å². The van der Waals surface area contributed by atoms with Gasteiger partial charge in [-0.05, 0) is 31.4 Å². The molecule has 2 rings (SSSR count). The second kappa shape index (κ2) is 5.06. The minimum atomic E-state index is -0.393. The van der Waals surface area contributed by atoms with Gasteiger partial charge in [-0.25, -0.2) is 0 Å². The van der Waals surface area contributed by atoms with Gasteiger partial charge in [0.2, 0.25) is 0 Å². The highest BCUT2D eigenvalue weighted by atomic mass is 16.3. The van der Waals surface area contributed by atoms with Crippen LogP contribution in [0.2, 0.25) is 0 Å². The van der Waals surface area contributed by atoms with Crippen LogP contribution in [0.3, 0.4) is 0 Å². The van der Waals surface area contributed by atoms with E-state index in [1.807, 2.05) is 13.0 Å². The standard InChI is InChI=1S/C14H20N2O2/c1-9(2)13-7-11(4-5-15-13)14(18)16-8-12(17)6-10(16)3/h4-5,7,9-10,12,17H,6,8H2,1-3H3. The molecule has 18 heavy (non-hydrogen) atoms. The molecule has 2 unspecified atom stereocenters. The zero-order chi connectivity index (χ0) is 13.3. The summed E-state index contributed by atoms with van der Waals surface area (Å²) in [5, 5.41) is 9.60. The summed E-state index contributed by atoms with van der Waals surface area (Å²) >= 11 is 0. The Morgan fingerprint density at radius 2 is 2.28 bits per heavy atom. The molecule has 2 heterocycles.